The van der Waals surface area contributed by atoms with Crippen LogP contribution >= 0.6 is 11.8 Å². The number of nitrogens with one attached hydrogen (secondary N) is 1. The number of hydrogen-bond acceptors (Lipinski definition) is 6. The minimum Gasteiger partial charge on any atom is -0.325 e. The number of hydrogen-bond donors (Lipinski definition) is 1. The van der Waals surface area contributed by atoms with Crippen molar-refractivity contribution < 1.29 is 14.4 Å². The Bertz CT molecular complexity index is 1610. The number of rotatable bonds is 6. The molecule has 0 bridgehead atoms. The SMILES string of the molecule is CC[C@@H](C)n1c(SCC(=O)Nc2ccc3c(c2)C(=O)c2ccccc2C3=O)nc2ccccc2c1=O. The summed E-state index contributed by atoms with van der Waals surface area (Å²) in [7, 11) is 0. The van der Waals surface area contributed by atoms with Crippen LogP contribution in [0.3, 0.4) is 0 Å². The normalized spacial score (nSPS) is 13.3. The highest BCUT2D eigenvalue weighted by Crippen LogP contribution is 2.29. The van der Waals surface area contributed by atoms with Crippen LogP contribution in [0.25, 0.3) is 10.9 Å². The lowest BCUT2D eigenvalue weighted by atomic mass is 9.84. The summed E-state index contributed by atoms with van der Waals surface area (Å²) >= 11 is 1.19. The molecular weight excluding hydrogens is 474 g/mol. The first-order valence-electron chi connectivity index (χ1n) is 11.7. The Morgan fingerprint density at radius 2 is 1.56 bits per heavy atom. The second-order valence-corrected chi connectivity index (χ2v) is 9.59. The highest BCUT2D eigenvalue weighted by atomic mass is 32.2. The monoisotopic (exact) mass is 497 g/mol. The van der Waals surface area contributed by atoms with Gasteiger partial charge in [0, 0.05) is 34.0 Å². The number of amides is 1. The molecule has 3 aromatic carbocycles. The quantitative estimate of drug-likeness (QED) is 0.265. The molecule has 7 nitrogen and oxygen atoms in total. The largest absolute Gasteiger partial charge is 0.325 e. The minimum atomic E-state index is -0.312. The lowest BCUT2D eigenvalue weighted by molar-refractivity contribution is -0.113. The van der Waals surface area contributed by atoms with Crippen molar-refractivity contribution in [3.8, 4) is 0 Å². The predicted octanol–water partition coefficient (Wildman–Crippen LogP) is 4.87. The molecule has 1 atom stereocenters. The van der Waals surface area contributed by atoms with Gasteiger partial charge in [0.25, 0.3) is 5.56 Å². The summed E-state index contributed by atoms with van der Waals surface area (Å²) in [5, 5.41) is 3.82. The van der Waals surface area contributed by atoms with Crippen molar-refractivity contribution in [1.29, 1.82) is 0 Å². The Kier molecular flexibility index (Phi) is 6.28. The average Bonchev–Trinajstić information content (AvgIpc) is 2.90. The summed E-state index contributed by atoms with van der Waals surface area (Å²) in [4.78, 5) is 56.3. The zero-order valence-electron chi connectivity index (χ0n) is 19.8. The fourth-order valence-corrected chi connectivity index (χ4v) is 5.20. The molecule has 180 valence electrons. The van der Waals surface area contributed by atoms with Gasteiger partial charge in [-0.1, -0.05) is 55.1 Å². The molecule has 36 heavy (non-hydrogen) atoms. The van der Waals surface area contributed by atoms with Crippen LogP contribution in [0.4, 0.5) is 5.69 Å². The highest BCUT2D eigenvalue weighted by molar-refractivity contribution is 7.99. The first-order chi connectivity index (χ1) is 17.4. The van der Waals surface area contributed by atoms with Gasteiger partial charge in [0.1, 0.15) is 0 Å². The van der Waals surface area contributed by atoms with Gasteiger partial charge in [-0.2, -0.15) is 0 Å². The molecule has 8 heteroatoms. The molecule has 1 heterocycles. The third-order valence-corrected chi connectivity index (χ3v) is 7.30. The molecule has 0 spiro atoms. The molecule has 0 aliphatic heterocycles. The van der Waals surface area contributed by atoms with Crippen molar-refractivity contribution in [2.45, 2.75) is 31.5 Å². The van der Waals surface area contributed by atoms with Crippen LogP contribution < -0.4 is 10.9 Å². The molecule has 1 amide bonds. The molecule has 1 aliphatic carbocycles. The van der Waals surface area contributed by atoms with E-state index in [0.29, 0.717) is 38.4 Å². The maximum Gasteiger partial charge on any atom is 0.262 e. The second-order valence-electron chi connectivity index (χ2n) is 8.64. The highest BCUT2D eigenvalue weighted by Gasteiger charge is 2.29. The number of para-hydroxylation sites is 1. The molecule has 0 unspecified atom stereocenters. The van der Waals surface area contributed by atoms with Gasteiger partial charge >= 0.3 is 0 Å². The Morgan fingerprint density at radius 3 is 2.28 bits per heavy atom. The Balaban J connectivity index is 1.37. The molecule has 1 aromatic heterocycles. The van der Waals surface area contributed by atoms with E-state index < -0.39 is 0 Å². The zero-order chi connectivity index (χ0) is 25.4. The van der Waals surface area contributed by atoms with E-state index in [9.17, 15) is 19.2 Å². The molecular formula is C28H23N3O4S. The van der Waals surface area contributed by atoms with E-state index >= 15 is 0 Å². The van der Waals surface area contributed by atoms with Crippen LogP contribution in [0, 0.1) is 0 Å². The maximum atomic E-state index is 13.1. The summed E-state index contributed by atoms with van der Waals surface area (Å²) < 4.78 is 1.64. The number of aromatic nitrogens is 2. The number of benzene rings is 3. The Labute approximate surface area is 211 Å². The number of anilines is 1. The van der Waals surface area contributed by atoms with E-state index in [1.54, 1.807) is 53.1 Å². The summed E-state index contributed by atoms with van der Waals surface area (Å²) in [6.07, 6.45) is 0.741. The van der Waals surface area contributed by atoms with E-state index in [0.717, 1.165) is 6.42 Å². The van der Waals surface area contributed by atoms with Crippen molar-refractivity contribution >= 4 is 45.8 Å². The zero-order valence-corrected chi connectivity index (χ0v) is 20.6. The predicted molar refractivity (Wildman–Crippen MR) is 140 cm³/mol. The van der Waals surface area contributed by atoms with Crippen LogP contribution in [-0.2, 0) is 4.79 Å². The van der Waals surface area contributed by atoms with E-state index in [1.165, 1.54) is 17.8 Å². The molecule has 0 saturated carbocycles. The molecule has 0 saturated heterocycles. The molecule has 1 aliphatic rings. The van der Waals surface area contributed by atoms with Crippen molar-refractivity contribution in [3.05, 3.63) is 99.3 Å². The van der Waals surface area contributed by atoms with Gasteiger partial charge < -0.3 is 5.32 Å². The van der Waals surface area contributed by atoms with Gasteiger partial charge in [-0.15, -0.1) is 0 Å². The van der Waals surface area contributed by atoms with Crippen molar-refractivity contribution in [3.63, 3.8) is 0 Å². The average molecular weight is 498 g/mol. The van der Waals surface area contributed by atoms with E-state index in [-0.39, 0.29) is 40.4 Å². The number of carbonyl (C=O) groups is 3. The van der Waals surface area contributed by atoms with Crippen molar-refractivity contribution in [2.75, 3.05) is 11.1 Å². The fraction of sp³-hybridized carbons (Fsp3) is 0.179. The van der Waals surface area contributed by atoms with E-state index in [1.807, 2.05) is 26.0 Å². The number of nitrogens with zero attached hydrogens (tertiary/aromatic N) is 2. The topological polar surface area (TPSA) is 98.1 Å². The summed E-state index contributed by atoms with van der Waals surface area (Å²) in [6.45, 7) is 3.94. The molecule has 0 radical (unpaired) electrons. The van der Waals surface area contributed by atoms with Gasteiger partial charge in [0.15, 0.2) is 16.7 Å². The Hall–Kier alpha value is -4.04. The van der Waals surface area contributed by atoms with Crippen LogP contribution in [0.1, 0.15) is 58.2 Å². The number of ketones is 2. The Morgan fingerprint density at radius 1 is 0.917 bits per heavy atom. The van der Waals surface area contributed by atoms with Crippen LogP contribution in [0.2, 0.25) is 0 Å². The molecule has 5 rings (SSSR count). The lowest BCUT2D eigenvalue weighted by Gasteiger charge is -2.19. The number of thioether (sulfide) groups is 1. The smallest absolute Gasteiger partial charge is 0.262 e. The van der Waals surface area contributed by atoms with Gasteiger partial charge in [-0.05, 0) is 43.7 Å². The van der Waals surface area contributed by atoms with E-state index in [2.05, 4.69) is 10.3 Å². The van der Waals surface area contributed by atoms with E-state index in [4.69, 9.17) is 0 Å². The second kappa shape index (κ2) is 9.54. The van der Waals surface area contributed by atoms with Gasteiger partial charge in [-0.3, -0.25) is 23.7 Å². The van der Waals surface area contributed by atoms with Crippen molar-refractivity contribution in [1.82, 2.24) is 9.55 Å². The third kappa shape index (κ3) is 4.13. The minimum absolute atomic E-state index is 0.0218. The first kappa shape index (κ1) is 23.7. The van der Waals surface area contributed by atoms with Gasteiger partial charge in [0.2, 0.25) is 5.91 Å². The number of fused-ring (bicyclic) bond motifs is 3. The summed E-state index contributed by atoms with van der Waals surface area (Å²) in [6, 6.07) is 18.5. The van der Waals surface area contributed by atoms with Gasteiger partial charge in [-0.25, -0.2) is 4.98 Å². The third-order valence-electron chi connectivity index (χ3n) is 6.35. The lowest BCUT2D eigenvalue weighted by Crippen LogP contribution is -2.26. The molecule has 1 N–H and O–H groups in total. The standard InChI is InChI=1S/C28H23N3O4S/c1-3-16(2)31-27(35)21-10-6-7-11-23(21)30-28(31)36-15-24(32)29-17-12-13-20-22(14-17)26(34)19-9-5-4-8-18(19)25(20)33/h4-14,16H,3,15H2,1-2H3,(H,29,32)/t16-/m1/s1. The maximum absolute atomic E-state index is 13.1. The molecule has 0 fully saturated rings. The number of carbonyl (C=O) groups excluding carboxylic acids is 3. The fourth-order valence-electron chi connectivity index (χ4n) is 4.30. The van der Waals surface area contributed by atoms with Crippen LogP contribution in [-0.4, -0.2) is 32.8 Å². The van der Waals surface area contributed by atoms with Crippen molar-refractivity contribution in [2.24, 2.45) is 0 Å². The first-order valence-corrected chi connectivity index (χ1v) is 12.6. The van der Waals surface area contributed by atoms with Crippen LogP contribution in [0.5, 0.6) is 0 Å². The summed E-state index contributed by atoms with van der Waals surface area (Å²) in [5.41, 5.74) is 2.22. The molecule has 4 aromatic rings. The van der Waals surface area contributed by atoms with Crippen LogP contribution in [0.15, 0.2) is 76.7 Å². The van der Waals surface area contributed by atoms with Gasteiger partial charge in [0.05, 0.1) is 16.7 Å². The summed E-state index contributed by atoms with van der Waals surface area (Å²) in [5.74, 6) is -0.746.